The SMILES string of the molecule is COc1ccc([C@H]2[C@@H]3CN(C(=O)c4cnc(C)c(C)c4)C[C@@H]3CN2C)cc1. The van der Waals surface area contributed by atoms with Crippen molar-refractivity contribution in [2.24, 2.45) is 11.8 Å². The molecule has 1 aromatic carbocycles. The van der Waals surface area contributed by atoms with Gasteiger partial charge in [0.25, 0.3) is 5.91 Å². The Balaban J connectivity index is 1.53. The lowest BCUT2D eigenvalue weighted by Crippen LogP contribution is -2.33. The predicted molar refractivity (Wildman–Crippen MR) is 105 cm³/mol. The first-order chi connectivity index (χ1) is 13.0. The van der Waals surface area contributed by atoms with Crippen LogP contribution in [0.15, 0.2) is 36.5 Å². The van der Waals surface area contributed by atoms with Gasteiger partial charge in [-0.05, 0) is 56.1 Å². The van der Waals surface area contributed by atoms with Crippen LogP contribution < -0.4 is 4.74 Å². The van der Waals surface area contributed by atoms with Crippen LogP contribution in [0.1, 0.15) is 33.2 Å². The first kappa shape index (κ1) is 18.0. The Morgan fingerprint density at radius 3 is 2.56 bits per heavy atom. The van der Waals surface area contributed by atoms with Crippen LogP contribution in [-0.4, -0.2) is 54.5 Å². The van der Waals surface area contributed by atoms with Crippen molar-refractivity contribution in [2.75, 3.05) is 33.8 Å². The van der Waals surface area contributed by atoms with Crippen molar-refractivity contribution >= 4 is 5.91 Å². The fraction of sp³-hybridized carbons (Fsp3) is 0.455. The zero-order chi connectivity index (χ0) is 19.1. The van der Waals surface area contributed by atoms with Crippen molar-refractivity contribution in [1.29, 1.82) is 0 Å². The second-order valence-electron chi connectivity index (χ2n) is 7.92. The molecule has 2 aliphatic rings. The number of pyridine rings is 1. The van der Waals surface area contributed by atoms with Crippen LogP contribution in [0, 0.1) is 25.7 Å². The van der Waals surface area contributed by atoms with Gasteiger partial charge >= 0.3 is 0 Å². The maximum absolute atomic E-state index is 13.0. The smallest absolute Gasteiger partial charge is 0.255 e. The fourth-order valence-corrected chi connectivity index (χ4v) is 4.67. The topological polar surface area (TPSA) is 45.7 Å². The van der Waals surface area contributed by atoms with Crippen LogP contribution >= 0.6 is 0 Å². The van der Waals surface area contributed by atoms with E-state index in [1.165, 1.54) is 5.56 Å². The molecule has 5 heteroatoms. The number of fused-ring (bicyclic) bond motifs is 1. The zero-order valence-electron chi connectivity index (χ0n) is 16.5. The first-order valence-electron chi connectivity index (χ1n) is 9.54. The van der Waals surface area contributed by atoms with Crippen LogP contribution in [-0.2, 0) is 0 Å². The Hall–Kier alpha value is -2.40. The summed E-state index contributed by atoms with van der Waals surface area (Å²) in [7, 11) is 3.88. The summed E-state index contributed by atoms with van der Waals surface area (Å²) < 4.78 is 5.29. The largest absolute Gasteiger partial charge is 0.497 e. The number of ether oxygens (including phenoxy) is 1. The van der Waals surface area contributed by atoms with Crippen LogP contribution in [0.3, 0.4) is 0 Å². The molecule has 0 aliphatic carbocycles. The minimum Gasteiger partial charge on any atom is -0.497 e. The molecule has 2 aliphatic heterocycles. The summed E-state index contributed by atoms with van der Waals surface area (Å²) in [4.78, 5) is 21.8. The lowest BCUT2D eigenvalue weighted by Gasteiger charge is -2.27. The van der Waals surface area contributed by atoms with E-state index in [4.69, 9.17) is 4.74 Å². The van der Waals surface area contributed by atoms with Gasteiger partial charge in [-0.25, -0.2) is 0 Å². The molecule has 0 N–H and O–H groups in total. The number of hydrogen-bond donors (Lipinski definition) is 0. The normalized spacial score (nSPS) is 24.9. The highest BCUT2D eigenvalue weighted by molar-refractivity contribution is 5.94. The summed E-state index contributed by atoms with van der Waals surface area (Å²) in [6, 6.07) is 10.7. The van der Waals surface area contributed by atoms with Gasteiger partial charge < -0.3 is 9.64 Å². The molecular formula is C22H27N3O2. The van der Waals surface area contributed by atoms with Crippen molar-refractivity contribution in [2.45, 2.75) is 19.9 Å². The average molecular weight is 365 g/mol. The summed E-state index contributed by atoms with van der Waals surface area (Å²) in [5.74, 6) is 1.97. The van der Waals surface area contributed by atoms with Crippen LogP contribution in [0.5, 0.6) is 5.75 Å². The zero-order valence-corrected chi connectivity index (χ0v) is 16.5. The summed E-state index contributed by atoms with van der Waals surface area (Å²) in [5.41, 5.74) is 4.04. The molecule has 0 unspecified atom stereocenters. The third-order valence-electron chi connectivity index (χ3n) is 6.23. The molecule has 0 saturated carbocycles. The summed E-state index contributed by atoms with van der Waals surface area (Å²) in [6.45, 7) is 6.63. The highest BCUT2D eigenvalue weighted by Gasteiger charge is 2.47. The van der Waals surface area contributed by atoms with E-state index in [-0.39, 0.29) is 5.91 Å². The third-order valence-corrected chi connectivity index (χ3v) is 6.23. The quantitative estimate of drug-likeness (QED) is 0.839. The van der Waals surface area contributed by atoms with Crippen molar-refractivity contribution in [3.8, 4) is 5.75 Å². The monoisotopic (exact) mass is 365 g/mol. The molecule has 3 heterocycles. The minimum atomic E-state index is 0.108. The van der Waals surface area contributed by atoms with Gasteiger partial charge in [0, 0.05) is 43.5 Å². The van der Waals surface area contributed by atoms with E-state index in [9.17, 15) is 4.79 Å². The van der Waals surface area contributed by atoms with Crippen LogP contribution in [0.4, 0.5) is 0 Å². The molecular weight excluding hydrogens is 338 g/mol. The molecule has 142 valence electrons. The minimum absolute atomic E-state index is 0.108. The molecule has 5 nitrogen and oxygen atoms in total. The second-order valence-corrected chi connectivity index (χ2v) is 7.92. The molecule has 1 amide bonds. The fourth-order valence-electron chi connectivity index (χ4n) is 4.67. The molecule has 3 atom stereocenters. The van der Waals surface area contributed by atoms with Crippen molar-refractivity contribution < 1.29 is 9.53 Å². The number of amides is 1. The molecule has 2 aromatic rings. The van der Waals surface area contributed by atoms with Crippen LogP contribution in [0.25, 0.3) is 0 Å². The highest BCUT2D eigenvalue weighted by Crippen LogP contribution is 2.44. The van der Waals surface area contributed by atoms with Crippen molar-refractivity contribution in [3.63, 3.8) is 0 Å². The third kappa shape index (κ3) is 3.21. The number of aromatic nitrogens is 1. The van der Waals surface area contributed by atoms with Gasteiger partial charge in [0.05, 0.1) is 12.7 Å². The van der Waals surface area contributed by atoms with E-state index in [0.29, 0.717) is 23.4 Å². The number of hydrogen-bond acceptors (Lipinski definition) is 4. The lowest BCUT2D eigenvalue weighted by atomic mass is 9.89. The molecule has 1 aromatic heterocycles. The lowest BCUT2D eigenvalue weighted by molar-refractivity contribution is 0.0767. The molecule has 4 rings (SSSR count). The highest BCUT2D eigenvalue weighted by atomic mass is 16.5. The Bertz CT molecular complexity index is 849. The molecule has 0 spiro atoms. The predicted octanol–water partition coefficient (Wildman–Crippen LogP) is 3.08. The van der Waals surface area contributed by atoms with Crippen LogP contribution in [0.2, 0.25) is 0 Å². The molecule has 0 bridgehead atoms. The molecule has 0 radical (unpaired) electrons. The van der Waals surface area contributed by atoms with E-state index in [1.54, 1.807) is 13.3 Å². The second kappa shape index (κ2) is 6.97. The standard InChI is InChI=1S/C22H27N3O2/c1-14-9-17(10-23-15(14)2)22(26)25-12-18-11-24(3)21(20(18)13-25)16-5-7-19(27-4)8-6-16/h5-10,18,20-21H,11-13H2,1-4H3/t18-,20+,21-/m0/s1. The molecule has 27 heavy (non-hydrogen) atoms. The van der Waals surface area contributed by atoms with Gasteiger partial charge in [-0.1, -0.05) is 12.1 Å². The van der Waals surface area contributed by atoms with Gasteiger partial charge in [0.2, 0.25) is 0 Å². The van der Waals surface area contributed by atoms with E-state index in [2.05, 4.69) is 29.1 Å². The number of benzene rings is 1. The maximum atomic E-state index is 13.0. The van der Waals surface area contributed by atoms with E-state index in [1.807, 2.05) is 36.9 Å². The van der Waals surface area contributed by atoms with E-state index < -0.39 is 0 Å². The summed E-state index contributed by atoms with van der Waals surface area (Å²) >= 11 is 0. The van der Waals surface area contributed by atoms with Gasteiger partial charge in [-0.3, -0.25) is 14.7 Å². The number of carbonyl (C=O) groups is 1. The number of likely N-dealkylation sites (tertiary alicyclic amines) is 2. The number of carbonyl (C=O) groups excluding carboxylic acids is 1. The first-order valence-corrected chi connectivity index (χ1v) is 9.54. The van der Waals surface area contributed by atoms with Gasteiger partial charge in [0.15, 0.2) is 0 Å². The van der Waals surface area contributed by atoms with Crippen molar-refractivity contribution in [3.05, 3.63) is 58.9 Å². The Morgan fingerprint density at radius 2 is 1.89 bits per heavy atom. The Kier molecular flexibility index (Phi) is 4.64. The summed E-state index contributed by atoms with van der Waals surface area (Å²) in [5, 5.41) is 0. The molecule has 2 saturated heterocycles. The van der Waals surface area contributed by atoms with Gasteiger partial charge in [-0.2, -0.15) is 0 Å². The van der Waals surface area contributed by atoms with E-state index in [0.717, 1.165) is 36.6 Å². The van der Waals surface area contributed by atoms with Gasteiger partial charge in [0.1, 0.15) is 5.75 Å². The van der Waals surface area contributed by atoms with Gasteiger partial charge in [-0.15, -0.1) is 0 Å². The number of rotatable bonds is 3. The Labute approximate surface area is 161 Å². The number of methoxy groups -OCH3 is 1. The van der Waals surface area contributed by atoms with Crippen molar-refractivity contribution in [1.82, 2.24) is 14.8 Å². The number of aryl methyl sites for hydroxylation is 2. The van der Waals surface area contributed by atoms with E-state index >= 15 is 0 Å². The average Bonchev–Trinajstić information content (AvgIpc) is 3.20. The maximum Gasteiger partial charge on any atom is 0.255 e. The summed E-state index contributed by atoms with van der Waals surface area (Å²) in [6.07, 6.45) is 1.71. The number of nitrogens with zero attached hydrogens (tertiary/aromatic N) is 3. The molecule has 2 fully saturated rings. The Morgan fingerprint density at radius 1 is 1.15 bits per heavy atom.